The van der Waals surface area contributed by atoms with Crippen molar-refractivity contribution < 1.29 is 0 Å². The monoisotopic (exact) mass is 403 g/mol. The van der Waals surface area contributed by atoms with Crippen molar-refractivity contribution in [3.8, 4) is 11.3 Å². The molecule has 1 aliphatic rings. The van der Waals surface area contributed by atoms with Gasteiger partial charge in [0.05, 0.1) is 5.69 Å². The number of nitrogens with one attached hydrogen (secondary N) is 2. The first kappa shape index (κ1) is 20.1. The van der Waals surface area contributed by atoms with Gasteiger partial charge in [0.2, 0.25) is 5.95 Å². The van der Waals surface area contributed by atoms with Gasteiger partial charge < -0.3 is 20.4 Å². The topological polar surface area (TPSA) is 69.2 Å². The van der Waals surface area contributed by atoms with Crippen molar-refractivity contribution in [2.45, 2.75) is 13.8 Å². The Hall–Kier alpha value is -3.19. The molecule has 0 amide bonds. The number of nitrogens with zero attached hydrogens (tertiary/aromatic N) is 5. The van der Waals surface area contributed by atoms with Gasteiger partial charge in [-0.05, 0) is 56.3 Å². The SMILES string of the molecule is CCN(CC)c1ccc(Nc2nccc(-c3ccc(N4CCNCC4)nc3)n2)cc1. The molecular formula is C23H29N7. The normalized spacial score (nSPS) is 13.9. The quantitative estimate of drug-likeness (QED) is 0.625. The maximum absolute atomic E-state index is 4.67. The van der Waals surface area contributed by atoms with E-state index in [4.69, 9.17) is 0 Å². The fourth-order valence-electron chi connectivity index (χ4n) is 3.67. The number of aromatic nitrogens is 3. The predicted molar refractivity (Wildman–Crippen MR) is 124 cm³/mol. The molecule has 7 heteroatoms. The predicted octanol–water partition coefficient (Wildman–Crippen LogP) is 3.54. The molecule has 2 aromatic heterocycles. The largest absolute Gasteiger partial charge is 0.372 e. The fourth-order valence-corrected chi connectivity index (χ4v) is 3.67. The van der Waals surface area contributed by atoms with Crippen molar-refractivity contribution in [1.82, 2.24) is 20.3 Å². The first-order valence-corrected chi connectivity index (χ1v) is 10.6. The Bertz CT molecular complexity index is 931. The third-order valence-electron chi connectivity index (χ3n) is 5.39. The van der Waals surface area contributed by atoms with E-state index in [-0.39, 0.29) is 0 Å². The summed E-state index contributed by atoms with van der Waals surface area (Å²) in [5, 5.41) is 6.67. The molecule has 1 aliphatic heterocycles. The average Bonchev–Trinajstić information content (AvgIpc) is 2.82. The van der Waals surface area contributed by atoms with Crippen molar-refractivity contribution in [1.29, 1.82) is 0 Å². The summed E-state index contributed by atoms with van der Waals surface area (Å²) >= 11 is 0. The van der Waals surface area contributed by atoms with Gasteiger partial charge in [-0.3, -0.25) is 0 Å². The molecular weight excluding hydrogens is 374 g/mol. The lowest BCUT2D eigenvalue weighted by atomic mass is 10.2. The van der Waals surface area contributed by atoms with E-state index in [1.54, 1.807) is 6.20 Å². The molecule has 7 nitrogen and oxygen atoms in total. The second-order valence-electron chi connectivity index (χ2n) is 7.25. The Labute approximate surface area is 178 Å². The highest BCUT2D eigenvalue weighted by Gasteiger charge is 2.12. The lowest BCUT2D eigenvalue weighted by Gasteiger charge is -2.28. The second-order valence-corrected chi connectivity index (χ2v) is 7.25. The molecule has 156 valence electrons. The third-order valence-corrected chi connectivity index (χ3v) is 5.39. The molecule has 0 saturated carbocycles. The highest BCUT2D eigenvalue weighted by atomic mass is 15.2. The van der Waals surface area contributed by atoms with Gasteiger partial charge in [0.1, 0.15) is 5.82 Å². The molecule has 3 heterocycles. The van der Waals surface area contributed by atoms with E-state index in [9.17, 15) is 0 Å². The van der Waals surface area contributed by atoms with Crippen LogP contribution in [0.4, 0.5) is 23.1 Å². The molecule has 1 fully saturated rings. The van der Waals surface area contributed by atoms with Crippen molar-refractivity contribution >= 4 is 23.1 Å². The number of hydrogen-bond donors (Lipinski definition) is 2. The van der Waals surface area contributed by atoms with Gasteiger partial charge in [-0.15, -0.1) is 0 Å². The lowest BCUT2D eigenvalue weighted by molar-refractivity contribution is 0.585. The van der Waals surface area contributed by atoms with Crippen LogP contribution in [0.1, 0.15) is 13.8 Å². The molecule has 0 bridgehead atoms. The minimum Gasteiger partial charge on any atom is -0.372 e. The third kappa shape index (κ3) is 4.68. The van der Waals surface area contributed by atoms with Crippen LogP contribution in [0.5, 0.6) is 0 Å². The van der Waals surface area contributed by atoms with Crippen LogP contribution < -0.4 is 20.4 Å². The van der Waals surface area contributed by atoms with E-state index in [0.717, 1.165) is 62.0 Å². The summed E-state index contributed by atoms with van der Waals surface area (Å²) in [4.78, 5) is 18.3. The van der Waals surface area contributed by atoms with Gasteiger partial charge in [-0.25, -0.2) is 15.0 Å². The zero-order valence-corrected chi connectivity index (χ0v) is 17.7. The minimum absolute atomic E-state index is 0.578. The lowest BCUT2D eigenvalue weighted by Crippen LogP contribution is -2.43. The first-order chi connectivity index (χ1) is 14.8. The smallest absolute Gasteiger partial charge is 0.227 e. The summed E-state index contributed by atoms with van der Waals surface area (Å²) in [6.07, 6.45) is 3.67. The Kier molecular flexibility index (Phi) is 6.39. The van der Waals surface area contributed by atoms with Gasteiger partial charge in [0.25, 0.3) is 0 Å². The van der Waals surface area contributed by atoms with Crippen LogP contribution in [0.25, 0.3) is 11.3 Å². The molecule has 0 aliphatic carbocycles. The standard InChI is InChI=1S/C23H29N7/c1-3-29(4-2)20-8-6-19(7-9-20)27-23-25-12-11-21(28-23)18-5-10-22(26-17-18)30-15-13-24-14-16-30/h5-12,17,24H,3-4,13-16H2,1-2H3,(H,25,27,28). The van der Waals surface area contributed by atoms with Crippen LogP contribution in [-0.2, 0) is 0 Å². The number of rotatable bonds is 7. The maximum Gasteiger partial charge on any atom is 0.227 e. The van der Waals surface area contributed by atoms with Crippen LogP contribution in [0.3, 0.4) is 0 Å². The number of pyridine rings is 1. The van der Waals surface area contributed by atoms with Gasteiger partial charge >= 0.3 is 0 Å². The molecule has 0 spiro atoms. The van der Waals surface area contributed by atoms with E-state index in [1.807, 2.05) is 12.3 Å². The summed E-state index contributed by atoms with van der Waals surface area (Å²) in [6.45, 7) is 10.3. The molecule has 1 saturated heterocycles. The summed E-state index contributed by atoms with van der Waals surface area (Å²) in [5.74, 6) is 1.59. The van der Waals surface area contributed by atoms with Crippen LogP contribution in [0.2, 0.25) is 0 Å². The van der Waals surface area contributed by atoms with Gasteiger partial charge in [0, 0.05) is 68.6 Å². The van der Waals surface area contributed by atoms with E-state index in [0.29, 0.717) is 5.95 Å². The van der Waals surface area contributed by atoms with Crippen molar-refractivity contribution in [3.63, 3.8) is 0 Å². The van der Waals surface area contributed by atoms with Crippen LogP contribution in [0, 0.1) is 0 Å². The molecule has 0 atom stereocenters. The summed E-state index contributed by atoms with van der Waals surface area (Å²) < 4.78 is 0. The van der Waals surface area contributed by atoms with E-state index < -0.39 is 0 Å². The van der Waals surface area contributed by atoms with Crippen LogP contribution >= 0.6 is 0 Å². The molecule has 1 aromatic carbocycles. The molecule has 30 heavy (non-hydrogen) atoms. The van der Waals surface area contributed by atoms with Crippen LogP contribution in [-0.4, -0.2) is 54.2 Å². The minimum atomic E-state index is 0.578. The fraction of sp³-hybridized carbons (Fsp3) is 0.348. The van der Waals surface area contributed by atoms with E-state index >= 15 is 0 Å². The zero-order valence-electron chi connectivity index (χ0n) is 17.7. The Morgan fingerprint density at radius 2 is 1.73 bits per heavy atom. The number of benzene rings is 1. The highest BCUT2D eigenvalue weighted by molar-refractivity contribution is 5.64. The summed E-state index contributed by atoms with van der Waals surface area (Å²) in [5.41, 5.74) is 4.02. The molecule has 3 aromatic rings. The van der Waals surface area contributed by atoms with Crippen molar-refractivity contribution in [2.24, 2.45) is 0 Å². The highest BCUT2D eigenvalue weighted by Crippen LogP contribution is 2.23. The molecule has 2 N–H and O–H groups in total. The van der Waals surface area contributed by atoms with Gasteiger partial charge in [-0.2, -0.15) is 0 Å². The second kappa shape index (κ2) is 9.54. The van der Waals surface area contributed by atoms with Gasteiger partial charge in [0.15, 0.2) is 0 Å². The Morgan fingerprint density at radius 1 is 0.967 bits per heavy atom. The van der Waals surface area contributed by atoms with E-state index in [1.165, 1.54) is 5.69 Å². The van der Waals surface area contributed by atoms with Gasteiger partial charge in [-0.1, -0.05) is 0 Å². The van der Waals surface area contributed by atoms with E-state index in [2.05, 4.69) is 85.6 Å². The zero-order chi connectivity index (χ0) is 20.8. The average molecular weight is 404 g/mol. The van der Waals surface area contributed by atoms with Crippen LogP contribution in [0.15, 0.2) is 54.9 Å². The Balaban J connectivity index is 1.46. The van der Waals surface area contributed by atoms with Crippen molar-refractivity contribution in [2.75, 3.05) is 54.4 Å². The number of hydrogen-bond acceptors (Lipinski definition) is 7. The molecule has 0 radical (unpaired) electrons. The molecule has 4 rings (SSSR count). The van der Waals surface area contributed by atoms with Crippen molar-refractivity contribution in [3.05, 3.63) is 54.9 Å². The Morgan fingerprint density at radius 3 is 2.40 bits per heavy atom. The first-order valence-electron chi connectivity index (χ1n) is 10.6. The summed E-state index contributed by atoms with van der Waals surface area (Å²) in [6, 6.07) is 14.4. The maximum atomic E-state index is 4.67. The molecule has 0 unspecified atom stereocenters. The number of piperazine rings is 1. The summed E-state index contributed by atoms with van der Waals surface area (Å²) in [7, 11) is 0. The number of anilines is 4.